The summed E-state index contributed by atoms with van der Waals surface area (Å²) < 4.78 is 45.3. The highest BCUT2D eigenvalue weighted by Gasteiger charge is 2.49. The normalized spacial score (nSPS) is 23.5. The smallest absolute Gasteiger partial charge is 0.404 e. The van der Waals surface area contributed by atoms with Crippen LogP contribution in [-0.2, 0) is 6.54 Å². The topological polar surface area (TPSA) is 45.6 Å². The van der Waals surface area contributed by atoms with E-state index >= 15 is 0 Å². The van der Waals surface area contributed by atoms with E-state index < -0.39 is 24.7 Å². The summed E-state index contributed by atoms with van der Waals surface area (Å²) >= 11 is 0. The van der Waals surface area contributed by atoms with Crippen molar-refractivity contribution in [2.24, 2.45) is 5.92 Å². The van der Waals surface area contributed by atoms with E-state index in [-0.39, 0.29) is 6.54 Å². The van der Waals surface area contributed by atoms with Crippen LogP contribution in [0.1, 0.15) is 25.3 Å². The Hall–Kier alpha value is -1.34. The Balaban J connectivity index is 2.16. The summed E-state index contributed by atoms with van der Waals surface area (Å²) in [5.74, 6) is -0.212. The van der Waals surface area contributed by atoms with Crippen LogP contribution < -0.4 is 4.74 Å². The molecule has 0 spiro atoms. The first-order valence-electron chi connectivity index (χ1n) is 7.44. The molecule has 2 heterocycles. The number of alkyl halides is 3. The summed E-state index contributed by atoms with van der Waals surface area (Å²) in [5.41, 5.74) is 0.679. The lowest BCUT2D eigenvalue weighted by atomic mass is 9.89. The van der Waals surface area contributed by atoms with Crippen LogP contribution >= 0.6 is 0 Å². The molecule has 1 aromatic rings. The number of ether oxygens (including phenoxy) is 1. The van der Waals surface area contributed by atoms with Crippen LogP contribution in [0.5, 0.6) is 5.75 Å². The van der Waals surface area contributed by atoms with Crippen molar-refractivity contribution in [3.05, 3.63) is 24.0 Å². The second-order valence-electron chi connectivity index (χ2n) is 5.50. The molecule has 1 aliphatic rings. The minimum Gasteiger partial charge on any atom is -0.492 e. The number of aromatic nitrogens is 1. The van der Waals surface area contributed by atoms with E-state index in [1.54, 1.807) is 18.5 Å². The Kier molecular flexibility index (Phi) is 5.63. The molecule has 1 fully saturated rings. The van der Waals surface area contributed by atoms with Crippen LogP contribution in [0.25, 0.3) is 0 Å². The van der Waals surface area contributed by atoms with Gasteiger partial charge in [0.2, 0.25) is 0 Å². The van der Waals surface area contributed by atoms with Crippen molar-refractivity contribution in [2.45, 2.75) is 38.5 Å². The van der Waals surface area contributed by atoms with Gasteiger partial charge in [0.15, 0.2) is 0 Å². The molecule has 22 heavy (non-hydrogen) atoms. The monoisotopic (exact) mass is 318 g/mol. The van der Waals surface area contributed by atoms with Gasteiger partial charge in [-0.3, -0.25) is 9.88 Å². The molecule has 1 aliphatic heterocycles. The molecule has 4 nitrogen and oxygen atoms in total. The molecule has 2 rings (SSSR count). The third kappa shape index (κ3) is 4.10. The van der Waals surface area contributed by atoms with Crippen molar-refractivity contribution < 1.29 is 23.0 Å². The average Bonchev–Trinajstić information content (AvgIpc) is 2.46. The van der Waals surface area contributed by atoms with Crippen LogP contribution in [-0.4, -0.2) is 47.0 Å². The Morgan fingerprint density at radius 1 is 1.41 bits per heavy atom. The van der Waals surface area contributed by atoms with E-state index in [2.05, 4.69) is 4.98 Å². The standard InChI is InChI=1S/C15H21F3N2O2/c1-2-22-13-6-11(7-19-8-13)9-20-5-3-4-12(10-21)14(20)15(16,17)18/h6-8,12,14,21H,2-5,9-10H2,1H3/t12-,14-/m0/s1. The van der Waals surface area contributed by atoms with Gasteiger partial charge in [0.05, 0.1) is 12.8 Å². The summed E-state index contributed by atoms with van der Waals surface area (Å²) in [4.78, 5) is 5.40. The first-order valence-corrected chi connectivity index (χ1v) is 7.44. The maximum atomic E-state index is 13.3. The number of hydrogen-bond acceptors (Lipinski definition) is 4. The summed E-state index contributed by atoms with van der Waals surface area (Å²) in [6, 6.07) is 0.106. The maximum Gasteiger partial charge on any atom is 0.404 e. The SMILES string of the molecule is CCOc1cncc(CN2CCC[C@@H](CO)[C@H]2C(F)(F)F)c1. The Morgan fingerprint density at radius 2 is 2.18 bits per heavy atom. The van der Waals surface area contributed by atoms with Crippen molar-refractivity contribution >= 4 is 0 Å². The van der Waals surface area contributed by atoms with Gasteiger partial charge >= 0.3 is 6.18 Å². The number of piperidine rings is 1. The molecule has 0 aliphatic carbocycles. The van der Waals surface area contributed by atoms with Crippen molar-refractivity contribution in [3.63, 3.8) is 0 Å². The number of aliphatic hydroxyl groups excluding tert-OH is 1. The number of nitrogens with zero attached hydrogens (tertiary/aromatic N) is 2. The maximum absolute atomic E-state index is 13.3. The van der Waals surface area contributed by atoms with Gasteiger partial charge in [0.25, 0.3) is 0 Å². The Bertz CT molecular complexity index is 482. The lowest BCUT2D eigenvalue weighted by molar-refractivity contribution is -0.210. The second-order valence-corrected chi connectivity index (χ2v) is 5.50. The molecule has 7 heteroatoms. The van der Waals surface area contributed by atoms with Gasteiger partial charge in [0.1, 0.15) is 11.8 Å². The molecule has 0 bridgehead atoms. The predicted octanol–water partition coefficient (Wildman–Crippen LogP) is 2.62. The Labute approximate surface area is 127 Å². The largest absolute Gasteiger partial charge is 0.492 e. The average molecular weight is 318 g/mol. The number of pyridine rings is 1. The predicted molar refractivity (Wildman–Crippen MR) is 75.5 cm³/mol. The summed E-state index contributed by atoms with van der Waals surface area (Å²) in [7, 11) is 0. The second kappa shape index (κ2) is 7.28. The summed E-state index contributed by atoms with van der Waals surface area (Å²) in [6.45, 7) is 2.38. The van der Waals surface area contributed by atoms with Crippen molar-refractivity contribution in [3.8, 4) is 5.75 Å². The number of rotatable bonds is 5. The Morgan fingerprint density at radius 3 is 2.82 bits per heavy atom. The molecule has 1 N–H and O–H groups in total. The molecule has 0 unspecified atom stereocenters. The minimum atomic E-state index is -4.35. The third-order valence-electron chi connectivity index (χ3n) is 3.90. The third-order valence-corrected chi connectivity index (χ3v) is 3.90. The lowest BCUT2D eigenvalue weighted by Crippen LogP contribution is -2.54. The van der Waals surface area contributed by atoms with Gasteiger partial charge in [-0.25, -0.2) is 0 Å². The van der Waals surface area contributed by atoms with E-state index in [4.69, 9.17) is 4.74 Å². The first-order chi connectivity index (χ1) is 10.5. The van der Waals surface area contributed by atoms with Gasteiger partial charge in [-0.1, -0.05) is 0 Å². The van der Waals surface area contributed by atoms with Gasteiger partial charge in [-0.05, 0) is 37.9 Å². The van der Waals surface area contributed by atoms with Gasteiger partial charge in [-0.15, -0.1) is 0 Å². The fourth-order valence-corrected chi connectivity index (χ4v) is 3.02. The molecule has 0 amide bonds. The summed E-state index contributed by atoms with van der Waals surface area (Å²) in [6.07, 6.45) is -0.205. The molecular weight excluding hydrogens is 297 g/mol. The molecule has 0 radical (unpaired) electrons. The van der Waals surface area contributed by atoms with Crippen LogP contribution in [0, 0.1) is 5.92 Å². The first kappa shape index (κ1) is 17.0. The highest BCUT2D eigenvalue weighted by atomic mass is 19.4. The van der Waals surface area contributed by atoms with Crippen LogP contribution in [0.2, 0.25) is 0 Å². The molecule has 0 saturated carbocycles. The molecule has 1 saturated heterocycles. The van der Waals surface area contributed by atoms with Gasteiger partial charge in [-0.2, -0.15) is 13.2 Å². The van der Waals surface area contributed by atoms with Gasteiger partial charge < -0.3 is 9.84 Å². The zero-order valence-electron chi connectivity index (χ0n) is 12.5. The zero-order chi connectivity index (χ0) is 16.2. The highest BCUT2D eigenvalue weighted by molar-refractivity contribution is 5.23. The summed E-state index contributed by atoms with van der Waals surface area (Å²) in [5, 5.41) is 9.26. The molecule has 124 valence electrons. The van der Waals surface area contributed by atoms with Crippen molar-refractivity contribution in [1.82, 2.24) is 9.88 Å². The fourth-order valence-electron chi connectivity index (χ4n) is 3.02. The number of hydrogen-bond donors (Lipinski definition) is 1. The van der Waals surface area contributed by atoms with E-state index in [1.165, 1.54) is 4.90 Å². The van der Waals surface area contributed by atoms with Crippen molar-refractivity contribution in [2.75, 3.05) is 19.8 Å². The van der Waals surface area contributed by atoms with Crippen molar-refractivity contribution in [1.29, 1.82) is 0 Å². The molecule has 2 atom stereocenters. The lowest BCUT2D eigenvalue weighted by Gasteiger charge is -2.41. The van der Waals surface area contributed by atoms with Crippen LogP contribution in [0.15, 0.2) is 18.5 Å². The van der Waals surface area contributed by atoms with E-state index in [0.717, 1.165) is 0 Å². The molecule has 1 aromatic heterocycles. The van der Waals surface area contributed by atoms with Gasteiger partial charge in [0, 0.05) is 25.3 Å². The minimum absolute atomic E-state index is 0.147. The molecule has 0 aromatic carbocycles. The zero-order valence-corrected chi connectivity index (χ0v) is 12.5. The highest BCUT2D eigenvalue weighted by Crippen LogP contribution is 2.36. The number of halogens is 3. The van der Waals surface area contributed by atoms with E-state index in [1.807, 2.05) is 6.92 Å². The van der Waals surface area contributed by atoms with Crippen LogP contribution in [0.3, 0.4) is 0 Å². The quantitative estimate of drug-likeness (QED) is 0.906. The fraction of sp³-hybridized carbons (Fsp3) is 0.667. The van der Waals surface area contributed by atoms with Crippen LogP contribution in [0.4, 0.5) is 13.2 Å². The molecular formula is C15H21F3N2O2. The van der Waals surface area contributed by atoms with E-state index in [9.17, 15) is 18.3 Å². The van der Waals surface area contributed by atoms with E-state index in [0.29, 0.717) is 37.3 Å². The number of likely N-dealkylation sites (tertiary alicyclic amines) is 1. The number of aliphatic hydroxyl groups is 1.